The number of benzene rings is 1. The normalized spacial score (nSPS) is 16.8. The summed E-state index contributed by atoms with van der Waals surface area (Å²) >= 11 is 0. The van der Waals surface area contributed by atoms with Crippen LogP contribution in [0.4, 0.5) is 0 Å². The SMILES string of the molecule is CCN(CC)C(CN=C(N)N(C)C1CC1)Cc1ccccc1. The molecule has 2 rings (SSSR count). The van der Waals surface area contributed by atoms with Crippen molar-refractivity contribution in [2.24, 2.45) is 10.7 Å². The Hall–Kier alpha value is -1.55. The number of aliphatic imine (C=N–C) groups is 1. The van der Waals surface area contributed by atoms with Gasteiger partial charge in [0.1, 0.15) is 0 Å². The number of guanidine groups is 1. The van der Waals surface area contributed by atoms with E-state index in [1.807, 2.05) is 0 Å². The highest BCUT2D eigenvalue weighted by Gasteiger charge is 2.27. The van der Waals surface area contributed by atoms with E-state index >= 15 is 0 Å². The van der Waals surface area contributed by atoms with Crippen molar-refractivity contribution >= 4 is 5.96 Å². The van der Waals surface area contributed by atoms with Crippen LogP contribution < -0.4 is 5.73 Å². The lowest BCUT2D eigenvalue weighted by Crippen LogP contribution is -2.41. The first-order valence-corrected chi connectivity index (χ1v) is 8.46. The third-order valence-corrected chi connectivity index (χ3v) is 4.56. The Balaban J connectivity index is 2.02. The highest BCUT2D eigenvalue weighted by Crippen LogP contribution is 2.24. The molecule has 0 spiro atoms. The van der Waals surface area contributed by atoms with Crippen LogP contribution in [-0.2, 0) is 6.42 Å². The molecule has 0 bridgehead atoms. The number of rotatable bonds is 8. The third kappa shape index (κ3) is 4.73. The zero-order valence-corrected chi connectivity index (χ0v) is 14.2. The topological polar surface area (TPSA) is 44.9 Å². The van der Waals surface area contributed by atoms with Gasteiger partial charge >= 0.3 is 0 Å². The largest absolute Gasteiger partial charge is 0.370 e. The van der Waals surface area contributed by atoms with Crippen molar-refractivity contribution in [2.45, 2.75) is 45.2 Å². The first kappa shape index (κ1) is 16.8. The molecule has 1 saturated carbocycles. The molecule has 1 aliphatic carbocycles. The minimum absolute atomic E-state index is 0.406. The maximum absolute atomic E-state index is 6.14. The number of likely N-dealkylation sites (N-methyl/N-ethyl adjacent to an activating group) is 1. The smallest absolute Gasteiger partial charge is 0.191 e. The number of hydrogen-bond acceptors (Lipinski definition) is 2. The van der Waals surface area contributed by atoms with Gasteiger partial charge in [0.05, 0.1) is 6.54 Å². The Morgan fingerprint density at radius 3 is 2.41 bits per heavy atom. The number of nitrogens with two attached hydrogens (primary N) is 1. The van der Waals surface area contributed by atoms with Crippen molar-refractivity contribution in [3.8, 4) is 0 Å². The molecule has 22 heavy (non-hydrogen) atoms. The van der Waals surface area contributed by atoms with E-state index in [0.29, 0.717) is 18.0 Å². The van der Waals surface area contributed by atoms with Crippen LogP contribution in [0.3, 0.4) is 0 Å². The Morgan fingerprint density at radius 2 is 1.86 bits per heavy atom. The molecule has 1 aromatic rings. The van der Waals surface area contributed by atoms with E-state index in [-0.39, 0.29) is 0 Å². The predicted molar refractivity (Wildman–Crippen MR) is 94.1 cm³/mol. The van der Waals surface area contributed by atoms with Gasteiger partial charge in [-0.2, -0.15) is 0 Å². The fourth-order valence-corrected chi connectivity index (χ4v) is 2.89. The van der Waals surface area contributed by atoms with Gasteiger partial charge in [-0.15, -0.1) is 0 Å². The molecule has 122 valence electrons. The molecule has 2 N–H and O–H groups in total. The quantitative estimate of drug-likeness (QED) is 0.592. The lowest BCUT2D eigenvalue weighted by atomic mass is 10.0. The van der Waals surface area contributed by atoms with Crippen LogP contribution in [0.5, 0.6) is 0 Å². The molecule has 1 atom stereocenters. The van der Waals surface area contributed by atoms with E-state index in [2.05, 4.69) is 66.0 Å². The van der Waals surface area contributed by atoms with E-state index in [1.54, 1.807) is 0 Å². The molecule has 0 amide bonds. The molecule has 0 heterocycles. The molecule has 1 aliphatic rings. The van der Waals surface area contributed by atoms with Gasteiger partial charge in [-0.05, 0) is 37.9 Å². The predicted octanol–water partition coefficient (Wildman–Crippen LogP) is 2.35. The second-order valence-corrected chi connectivity index (χ2v) is 6.11. The molecule has 0 radical (unpaired) electrons. The zero-order chi connectivity index (χ0) is 15.9. The minimum atomic E-state index is 0.406. The number of hydrogen-bond donors (Lipinski definition) is 1. The van der Waals surface area contributed by atoms with Gasteiger partial charge in [0.2, 0.25) is 0 Å². The van der Waals surface area contributed by atoms with E-state index in [1.165, 1.54) is 18.4 Å². The fourth-order valence-electron chi connectivity index (χ4n) is 2.89. The van der Waals surface area contributed by atoms with E-state index < -0.39 is 0 Å². The lowest BCUT2D eigenvalue weighted by Gasteiger charge is -2.29. The molecule has 4 heteroatoms. The van der Waals surface area contributed by atoms with Crippen LogP contribution in [0.1, 0.15) is 32.3 Å². The van der Waals surface area contributed by atoms with Crippen LogP contribution in [0.2, 0.25) is 0 Å². The van der Waals surface area contributed by atoms with E-state index in [0.717, 1.165) is 26.1 Å². The first-order valence-electron chi connectivity index (χ1n) is 8.46. The van der Waals surface area contributed by atoms with Crippen LogP contribution >= 0.6 is 0 Å². The van der Waals surface area contributed by atoms with Gasteiger partial charge in [0.15, 0.2) is 5.96 Å². The summed E-state index contributed by atoms with van der Waals surface area (Å²) in [6, 6.07) is 11.7. The van der Waals surface area contributed by atoms with Crippen molar-refractivity contribution in [2.75, 3.05) is 26.7 Å². The van der Waals surface area contributed by atoms with E-state index in [9.17, 15) is 0 Å². The van der Waals surface area contributed by atoms with Gasteiger partial charge < -0.3 is 10.6 Å². The Labute approximate surface area is 135 Å². The summed E-state index contributed by atoms with van der Waals surface area (Å²) < 4.78 is 0. The minimum Gasteiger partial charge on any atom is -0.370 e. The number of nitrogens with zero attached hydrogens (tertiary/aromatic N) is 3. The van der Waals surface area contributed by atoms with Crippen molar-refractivity contribution in [1.29, 1.82) is 0 Å². The molecule has 1 aromatic carbocycles. The lowest BCUT2D eigenvalue weighted by molar-refractivity contribution is 0.220. The second-order valence-electron chi connectivity index (χ2n) is 6.11. The van der Waals surface area contributed by atoms with Crippen LogP contribution in [0.15, 0.2) is 35.3 Å². The molecular formula is C18H30N4. The molecule has 0 saturated heterocycles. The van der Waals surface area contributed by atoms with Gasteiger partial charge in [-0.1, -0.05) is 44.2 Å². The summed E-state index contributed by atoms with van der Waals surface area (Å²) in [5, 5.41) is 0. The molecular weight excluding hydrogens is 272 g/mol. The second kappa shape index (κ2) is 8.18. The van der Waals surface area contributed by atoms with Gasteiger partial charge in [0, 0.05) is 19.1 Å². The first-order chi connectivity index (χ1) is 10.7. The molecule has 4 nitrogen and oxygen atoms in total. The summed E-state index contributed by atoms with van der Waals surface area (Å²) in [6.45, 7) is 7.28. The fraction of sp³-hybridized carbons (Fsp3) is 0.611. The van der Waals surface area contributed by atoms with Crippen LogP contribution in [0, 0.1) is 0 Å². The van der Waals surface area contributed by atoms with Crippen molar-refractivity contribution < 1.29 is 0 Å². The van der Waals surface area contributed by atoms with Crippen LogP contribution in [-0.4, -0.2) is 54.5 Å². The van der Waals surface area contributed by atoms with Gasteiger partial charge in [0.25, 0.3) is 0 Å². The van der Waals surface area contributed by atoms with Gasteiger partial charge in [-0.25, -0.2) is 0 Å². The average molecular weight is 302 g/mol. The van der Waals surface area contributed by atoms with E-state index in [4.69, 9.17) is 5.73 Å². The summed E-state index contributed by atoms with van der Waals surface area (Å²) in [7, 11) is 2.06. The average Bonchev–Trinajstić information content (AvgIpc) is 3.38. The van der Waals surface area contributed by atoms with Crippen molar-refractivity contribution in [1.82, 2.24) is 9.80 Å². The molecule has 0 aliphatic heterocycles. The maximum atomic E-state index is 6.14. The Kier molecular flexibility index (Phi) is 6.25. The molecule has 1 unspecified atom stereocenters. The highest BCUT2D eigenvalue weighted by atomic mass is 15.3. The van der Waals surface area contributed by atoms with Crippen molar-refractivity contribution in [3.05, 3.63) is 35.9 Å². The third-order valence-electron chi connectivity index (χ3n) is 4.56. The Morgan fingerprint density at radius 1 is 1.23 bits per heavy atom. The summed E-state index contributed by atoms with van der Waals surface area (Å²) in [5.74, 6) is 0.688. The highest BCUT2D eigenvalue weighted by molar-refractivity contribution is 5.78. The zero-order valence-electron chi connectivity index (χ0n) is 14.2. The Bertz CT molecular complexity index is 463. The summed E-state index contributed by atoms with van der Waals surface area (Å²) in [5.41, 5.74) is 7.50. The summed E-state index contributed by atoms with van der Waals surface area (Å²) in [6.07, 6.45) is 3.51. The van der Waals surface area contributed by atoms with Crippen LogP contribution in [0.25, 0.3) is 0 Å². The van der Waals surface area contributed by atoms with Crippen molar-refractivity contribution in [3.63, 3.8) is 0 Å². The molecule has 0 aromatic heterocycles. The maximum Gasteiger partial charge on any atom is 0.191 e. The standard InChI is InChI=1S/C18H30N4/c1-4-22(5-2)17(13-15-9-7-6-8-10-15)14-20-18(19)21(3)16-11-12-16/h6-10,16-17H,4-5,11-14H2,1-3H3,(H2,19,20). The monoisotopic (exact) mass is 302 g/mol. The summed E-state index contributed by atoms with van der Waals surface area (Å²) in [4.78, 5) is 9.28. The van der Waals surface area contributed by atoms with Gasteiger partial charge in [-0.3, -0.25) is 9.89 Å². The molecule has 1 fully saturated rings.